The van der Waals surface area contributed by atoms with Crippen LogP contribution in [0.1, 0.15) is 0 Å². The summed E-state index contributed by atoms with van der Waals surface area (Å²) in [6.07, 6.45) is 0. The molecule has 1 aromatic rings. The van der Waals surface area contributed by atoms with E-state index >= 15 is 0 Å². The predicted molar refractivity (Wildman–Crippen MR) is 55.9 cm³/mol. The molecule has 0 radical (unpaired) electrons. The van der Waals surface area contributed by atoms with Gasteiger partial charge in [-0.15, -0.1) is 0 Å². The number of nitrogens with zero attached hydrogens (tertiary/aromatic N) is 1. The van der Waals surface area contributed by atoms with Crippen LogP contribution in [0.4, 0.5) is 0 Å². The van der Waals surface area contributed by atoms with Gasteiger partial charge in [0.25, 0.3) is 10.1 Å². The summed E-state index contributed by atoms with van der Waals surface area (Å²) in [7, 11) is 2.00. The third-order valence-electron chi connectivity index (χ3n) is 1.04. The molecule has 0 bridgehead atoms. The standard InChI is InChI=1S/C6H6O3S.C3H9N/c7-10(8,9)6-4-2-1-3-5-6;1-4(2)3/h1-5H,(H,7,8,9);1-3H3. The lowest BCUT2D eigenvalue weighted by Gasteiger charge is -1.92. The van der Waals surface area contributed by atoms with Crippen molar-refractivity contribution in [3.8, 4) is 0 Å². The summed E-state index contributed by atoms with van der Waals surface area (Å²) >= 11 is 0. The highest BCUT2D eigenvalue weighted by molar-refractivity contribution is 7.85. The Bertz CT molecular complexity index is 343. The van der Waals surface area contributed by atoms with Crippen LogP contribution >= 0.6 is 0 Å². The van der Waals surface area contributed by atoms with E-state index in [2.05, 4.69) is 0 Å². The molecule has 1 aromatic carbocycles. The second-order valence-electron chi connectivity index (χ2n) is 3.13. The zero-order valence-electron chi connectivity index (χ0n) is 8.51. The van der Waals surface area contributed by atoms with E-state index in [1.54, 1.807) is 18.2 Å². The third kappa shape index (κ3) is 6.59. The minimum Gasteiger partial charge on any atom is -0.312 e. The Morgan fingerprint density at radius 1 is 1.07 bits per heavy atom. The van der Waals surface area contributed by atoms with Crippen molar-refractivity contribution in [2.24, 2.45) is 0 Å². The van der Waals surface area contributed by atoms with Gasteiger partial charge in [-0.3, -0.25) is 4.55 Å². The number of benzene rings is 1. The minimum absolute atomic E-state index is 0.0741. The van der Waals surface area contributed by atoms with Crippen LogP contribution in [0.5, 0.6) is 0 Å². The molecule has 0 unspecified atom stereocenters. The van der Waals surface area contributed by atoms with Crippen LogP contribution in [0.25, 0.3) is 0 Å². The Balaban J connectivity index is 0.000000364. The largest absolute Gasteiger partial charge is 0.312 e. The maximum Gasteiger partial charge on any atom is 0.294 e. The van der Waals surface area contributed by atoms with Gasteiger partial charge in [0.15, 0.2) is 0 Å². The maximum atomic E-state index is 10.4. The van der Waals surface area contributed by atoms with Crippen molar-refractivity contribution in [1.82, 2.24) is 4.90 Å². The first-order chi connectivity index (χ1) is 6.34. The SMILES string of the molecule is CN(C)C.O=S(=O)(O)c1ccccc1. The number of rotatable bonds is 1. The van der Waals surface area contributed by atoms with Gasteiger partial charge < -0.3 is 4.90 Å². The van der Waals surface area contributed by atoms with E-state index in [1.807, 2.05) is 26.0 Å². The average molecular weight is 217 g/mol. The smallest absolute Gasteiger partial charge is 0.294 e. The molecule has 0 atom stereocenters. The topological polar surface area (TPSA) is 57.6 Å². The van der Waals surface area contributed by atoms with Gasteiger partial charge in [0.1, 0.15) is 0 Å². The molecule has 0 spiro atoms. The maximum absolute atomic E-state index is 10.4. The fourth-order valence-corrected chi connectivity index (χ4v) is 1.09. The molecular weight excluding hydrogens is 202 g/mol. The van der Waals surface area contributed by atoms with Gasteiger partial charge in [0, 0.05) is 0 Å². The normalized spacial score (nSPS) is 10.6. The van der Waals surface area contributed by atoms with Gasteiger partial charge in [0.05, 0.1) is 4.90 Å². The van der Waals surface area contributed by atoms with E-state index in [4.69, 9.17) is 4.55 Å². The lowest BCUT2D eigenvalue weighted by atomic mass is 10.4. The Morgan fingerprint density at radius 3 is 1.64 bits per heavy atom. The van der Waals surface area contributed by atoms with Crippen molar-refractivity contribution in [3.05, 3.63) is 30.3 Å². The first kappa shape index (κ1) is 13.1. The van der Waals surface area contributed by atoms with E-state index in [-0.39, 0.29) is 4.90 Å². The Hall–Kier alpha value is -0.910. The van der Waals surface area contributed by atoms with Crippen molar-refractivity contribution in [3.63, 3.8) is 0 Å². The second kappa shape index (κ2) is 5.74. The van der Waals surface area contributed by atoms with E-state index in [9.17, 15) is 8.42 Å². The molecule has 0 heterocycles. The molecule has 4 nitrogen and oxygen atoms in total. The van der Waals surface area contributed by atoms with Crippen LogP contribution in [0.2, 0.25) is 0 Å². The molecule has 14 heavy (non-hydrogen) atoms. The number of hydrogen-bond donors (Lipinski definition) is 1. The molecule has 0 fully saturated rings. The van der Waals surface area contributed by atoms with Crippen LogP contribution < -0.4 is 0 Å². The summed E-state index contributed by atoms with van der Waals surface area (Å²) in [5, 5.41) is 0. The zero-order valence-corrected chi connectivity index (χ0v) is 9.32. The summed E-state index contributed by atoms with van der Waals surface area (Å²) in [5.74, 6) is 0. The highest BCUT2D eigenvalue weighted by atomic mass is 32.2. The van der Waals surface area contributed by atoms with E-state index < -0.39 is 10.1 Å². The van der Waals surface area contributed by atoms with E-state index in [0.717, 1.165) is 0 Å². The second-order valence-corrected chi connectivity index (χ2v) is 4.55. The van der Waals surface area contributed by atoms with Crippen molar-refractivity contribution in [2.45, 2.75) is 4.90 Å². The van der Waals surface area contributed by atoms with Crippen molar-refractivity contribution < 1.29 is 13.0 Å². The van der Waals surface area contributed by atoms with Gasteiger partial charge in [-0.05, 0) is 33.3 Å². The molecule has 0 aliphatic carbocycles. The molecule has 0 aromatic heterocycles. The molecule has 1 N–H and O–H groups in total. The first-order valence-electron chi connectivity index (χ1n) is 3.97. The molecule has 0 aliphatic rings. The fourth-order valence-electron chi connectivity index (χ4n) is 0.592. The molecule has 0 aliphatic heterocycles. The monoisotopic (exact) mass is 217 g/mol. The van der Waals surface area contributed by atoms with Crippen LogP contribution in [0.3, 0.4) is 0 Å². The molecule has 5 heteroatoms. The molecule has 0 amide bonds. The summed E-state index contributed by atoms with van der Waals surface area (Å²) in [5.41, 5.74) is 0. The minimum atomic E-state index is -4.00. The quantitative estimate of drug-likeness (QED) is 0.716. The lowest BCUT2D eigenvalue weighted by Crippen LogP contribution is -1.99. The van der Waals surface area contributed by atoms with Gasteiger partial charge >= 0.3 is 0 Å². The van der Waals surface area contributed by atoms with Crippen molar-refractivity contribution in [1.29, 1.82) is 0 Å². The van der Waals surface area contributed by atoms with Gasteiger partial charge in [-0.25, -0.2) is 0 Å². The Kier molecular flexibility index (Phi) is 5.37. The van der Waals surface area contributed by atoms with E-state index in [1.165, 1.54) is 12.1 Å². The third-order valence-corrected chi connectivity index (χ3v) is 1.91. The molecule has 80 valence electrons. The van der Waals surface area contributed by atoms with Gasteiger partial charge in [-0.2, -0.15) is 8.42 Å². The fraction of sp³-hybridized carbons (Fsp3) is 0.333. The van der Waals surface area contributed by atoms with Crippen molar-refractivity contribution >= 4 is 10.1 Å². The summed E-state index contributed by atoms with van der Waals surface area (Å²) in [6.45, 7) is 0. The van der Waals surface area contributed by atoms with Crippen LogP contribution in [0.15, 0.2) is 35.2 Å². The van der Waals surface area contributed by atoms with Gasteiger partial charge in [-0.1, -0.05) is 18.2 Å². The van der Waals surface area contributed by atoms with Crippen LogP contribution in [0, 0.1) is 0 Å². The summed E-state index contributed by atoms with van der Waals surface area (Å²) in [6, 6.07) is 7.42. The summed E-state index contributed by atoms with van der Waals surface area (Å²) < 4.78 is 29.2. The highest BCUT2D eigenvalue weighted by Crippen LogP contribution is 2.05. The molecular formula is C9H15NO3S. The predicted octanol–water partition coefficient (Wildman–Crippen LogP) is 1.11. The molecule has 1 rings (SSSR count). The summed E-state index contributed by atoms with van der Waals surface area (Å²) in [4.78, 5) is 1.93. The lowest BCUT2D eigenvalue weighted by molar-refractivity contribution is 0.483. The van der Waals surface area contributed by atoms with E-state index in [0.29, 0.717) is 0 Å². The Morgan fingerprint density at radius 2 is 1.43 bits per heavy atom. The first-order valence-corrected chi connectivity index (χ1v) is 5.41. The van der Waals surface area contributed by atoms with Crippen molar-refractivity contribution in [2.75, 3.05) is 21.1 Å². The highest BCUT2D eigenvalue weighted by Gasteiger charge is 2.05. The van der Waals surface area contributed by atoms with Gasteiger partial charge in [0.2, 0.25) is 0 Å². The number of hydrogen-bond acceptors (Lipinski definition) is 3. The average Bonchev–Trinajstić information content (AvgIpc) is 2.03. The molecule has 0 saturated carbocycles. The Labute approximate surface area is 84.9 Å². The van der Waals surface area contributed by atoms with Crippen LogP contribution in [-0.2, 0) is 10.1 Å². The molecule has 0 saturated heterocycles. The van der Waals surface area contributed by atoms with Crippen LogP contribution in [-0.4, -0.2) is 39.0 Å². The zero-order chi connectivity index (χ0) is 11.2.